The topological polar surface area (TPSA) is 105 Å². The zero-order chi connectivity index (χ0) is 28.8. The van der Waals surface area contributed by atoms with E-state index in [1.54, 1.807) is 32.4 Å². The van der Waals surface area contributed by atoms with Crippen LogP contribution in [0, 0.1) is 39.9 Å². The minimum absolute atomic E-state index is 0.0581. The van der Waals surface area contributed by atoms with Gasteiger partial charge in [0.25, 0.3) is 0 Å². The van der Waals surface area contributed by atoms with Gasteiger partial charge in [-0.05, 0) is 78.9 Å². The standard InChI is InChI=1S/C31H44ClNO6/c1-18-23(38-6)14-25-29(2)12-10-26(36)31(4,17-39-28(37)21-13-20(32)7-8-22(21)33-5)24(29)9-11-30(25,3)27(18)19(15-34)16-35/h7-8,13,15-16,18,23-27,33-34,36H,9-12,14,17H2,1-6H3/t18-,23+,24-,25-,26+,27-,29+,30+,31+/m1/s1. The summed E-state index contributed by atoms with van der Waals surface area (Å²) in [5.41, 5.74) is 0.364. The second-order valence-corrected chi connectivity index (χ2v) is 13.3. The van der Waals surface area contributed by atoms with Gasteiger partial charge in [-0.25, -0.2) is 4.79 Å². The van der Waals surface area contributed by atoms with E-state index in [0.29, 0.717) is 28.3 Å². The van der Waals surface area contributed by atoms with Crippen molar-refractivity contribution in [3.05, 3.63) is 40.6 Å². The molecule has 0 amide bonds. The zero-order valence-corrected chi connectivity index (χ0v) is 24.8. The molecule has 7 nitrogen and oxygen atoms in total. The number of aliphatic hydroxyl groups is 2. The molecule has 0 bridgehead atoms. The van der Waals surface area contributed by atoms with Crippen LogP contribution in [0.1, 0.15) is 70.2 Å². The third-order valence-electron chi connectivity index (χ3n) is 11.1. The molecule has 8 heteroatoms. The minimum atomic E-state index is -0.649. The first-order valence-corrected chi connectivity index (χ1v) is 14.4. The highest BCUT2D eigenvalue weighted by Gasteiger charge is 2.66. The van der Waals surface area contributed by atoms with Gasteiger partial charge in [-0.3, -0.25) is 4.79 Å². The van der Waals surface area contributed by atoms with Crippen molar-refractivity contribution >= 4 is 29.5 Å². The Labute approximate surface area is 237 Å². The maximum absolute atomic E-state index is 13.2. The monoisotopic (exact) mass is 561 g/mol. The van der Waals surface area contributed by atoms with Crippen molar-refractivity contribution in [3.8, 4) is 0 Å². The SMILES string of the molecule is CNc1ccc(Cl)cc1C(=O)OC[C@@]1(C)[C@@H]2CC[C@@]3(C)[C@H](C[C@H](OC)[C@@H](C)[C@@H]3C(C=O)=CO)[C@@]2(C)CC[C@@H]1O. The van der Waals surface area contributed by atoms with Gasteiger partial charge in [-0.1, -0.05) is 39.3 Å². The fraction of sp³-hybridized carbons (Fsp3) is 0.677. The van der Waals surface area contributed by atoms with Crippen LogP contribution in [0.2, 0.25) is 5.02 Å². The number of aldehydes is 1. The highest BCUT2D eigenvalue weighted by Crippen LogP contribution is 2.70. The molecule has 0 saturated heterocycles. The van der Waals surface area contributed by atoms with Gasteiger partial charge in [0.05, 0.1) is 30.6 Å². The second-order valence-electron chi connectivity index (χ2n) is 12.8. The van der Waals surface area contributed by atoms with Gasteiger partial charge in [-0.15, -0.1) is 0 Å². The first-order chi connectivity index (χ1) is 18.4. The van der Waals surface area contributed by atoms with E-state index in [2.05, 4.69) is 26.1 Å². The summed E-state index contributed by atoms with van der Waals surface area (Å²) < 4.78 is 11.9. The van der Waals surface area contributed by atoms with E-state index in [4.69, 9.17) is 21.1 Å². The van der Waals surface area contributed by atoms with Gasteiger partial charge in [0.1, 0.15) is 6.29 Å². The van der Waals surface area contributed by atoms with Crippen molar-refractivity contribution in [2.24, 2.45) is 39.9 Å². The molecule has 3 N–H and O–H groups in total. The van der Waals surface area contributed by atoms with Crippen LogP contribution in [-0.4, -0.2) is 55.4 Å². The molecule has 0 radical (unpaired) electrons. The predicted octanol–water partition coefficient (Wildman–Crippen LogP) is 6.05. The molecule has 4 rings (SSSR count). The number of carbonyl (C=O) groups excluding carboxylic acids is 2. The maximum atomic E-state index is 13.2. The number of anilines is 1. The predicted molar refractivity (Wildman–Crippen MR) is 152 cm³/mol. The molecule has 3 aliphatic rings. The lowest BCUT2D eigenvalue weighted by Crippen LogP contribution is -2.65. The fourth-order valence-corrected chi connectivity index (χ4v) is 9.32. The maximum Gasteiger partial charge on any atom is 0.340 e. The Hall–Kier alpha value is -2.09. The van der Waals surface area contributed by atoms with Gasteiger partial charge < -0.3 is 25.0 Å². The molecule has 3 aliphatic carbocycles. The van der Waals surface area contributed by atoms with E-state index >= 15 is 0 Å². The summed E-state index contributed by atoms with van der Waals surface area (Å²) in [5.74, 6) is -0.262. The average molecular weight is 562 g/mol. The Balaban J connectivity index is 1.67. The number of hydrogen-bond donors (Lipinski definition) is 3. The van der Waals surface area contributed by atoms with Crippen molar-refractivity contribution in [1.82, 2.24) is 0 Å². The summed E-state index contributed by atoms with van der Waals surface area (Å²) >= 11 is 6.17. The number of esters is 1. The van der Waals surface area contributed by atoms with Gasteiger partial charge in [-0.2, -0.15) is 0 Å². The van der Waals surface area contributed by atoms with E-state index in [0.717, 1.165) is 38.2 Å². The zero-order valence-electron chi connectivity index (χ0n) is 24.0. The van der Waals surface area contributed by atoms with Crippen LogP contribution in [-0.2, 0) is 14.3 Å². The quantitative estimate of drug-likeness (QED) is 0.161. The van der Waals surface area contributed by atoms with Crippen LogP contribution in [0.4, 0.5) is 5.69 Å². The Morgan fingerprint density at radius 2 is 1.87 bits per heavy atom. The molecule has 0 unspecified atom stereocenters. The lowest BCUT2D eigenvalue weighted by Gasteiger charge is -2.68. The molecule has 0 heterocycles. The number of methoxy groups -OCH3 is 1. The summed E-state index contributed by atoms with van der Waals surface area (Å²) in [6.45, 7) is 8.83. The number of benzene rings is 1. The molecular weight excluding hydrogens is 518 g/mol. The van der Waals surface area contributed by atoms with Crippen LogP contribution in [0.15, 0.2) is 30.0 Å². The lowest BCUT2D eigenvalue weighted by atomic mass is 9.37. The third kappa shape index (κ3) is 4.78. The summed E-state index contributed by atoms with van der Waals surface area (Å²) in [6.07, 6.45) is 5.03. The van der Waals surface area contributed by atoms with Crippen molar-refractivity contribution in [2.45, 2.75) is 72.0 Å². The molecule has 1 aromatic carbocycles. The fourth-order valence-electron chi connectivity index (χ4n) is 9.15. The normalized spacial score (nSPS) is 40.3. The number of allylic oxidation sites excluding steroid dienone is 1. The first kappa shape index (κ1) is 29.9. The van der Waals surface area contributed by atoms with E-state index in [1.807, 2.05) is 6.92 Å². The minimum Gasteiger partial charge on any atom is -0.515 e. The molecule has 1 aromatic rings. The molecule has 216 valence electrons. The Morgan fingerprint density at radius 1 is 1.18 bits per heavy atom. The van der Waals surface area contributed by atoms with Crippen molar-refractivity contribution in [3.63, 3.8) is 0 Å². The highest BCUT2D eigenvalue weighted by molar-refractivity contribution is 6.31. The van der Waals surface area contributed by atoms with Crippen LogP contribution < -0.4 is 5.32 Å². The van der Waals surface area contributed by atoms with Gasteiger partial charge in [0.15, 0.2) is 0 Å². The smallest absolute Gasteiger partial charge is 0.340 e. The number of ether oxygens (including phenoxy) is 2. The van der Waals surface area contributed by atoms with Crippen molar-refractivity contribution in [1.29, 1.82) is 0 Å². The molecule has 3 fully saturated rings. The third-order valence-corrected chi connectivity index (χ3v) is 11.3. The van der Waals surface area contributed by atoms with Crippen molar-refractivity contribution in [2.75, 3.05) is 26.1 Å². The molecule has 39 heavy (non-hydrogen) atoms. The number of rotatable bonds is 7. The summed E-state index contributed by atoms with van der Waals surface area (Å²) in [5, 5.41) is 24.9. The molecule has 0 aliphatic heterocycles. The Kier molecular flexibility index (Phi) is 8.47. The second kappa shape index (κ2) is 11.1. The lowest BCUT2D eigenvalue weighted by molar-refractivity contribution is -0.224. The number of hydrogen-bond acceptors (Lipinski definition) is 7. The Morgan fingerprint density at radius 3 is 2.49 bits per heavy atom. The number of aliphatic hydroxyl groups excluding tert-OH is 2. The highest BCUT2D eigenvalue weighted by atomic mass is 35.5. The molecule has 3 saturated carbocycles. The Bertz CT molecular complexity index is 1120. The van der Waals surface area contributed by atoms with Crippen LogP contribution in [0.25, 0.3) is 0 Å². The van der Waals surface area contributed by atoms with Gasteiger partial charge in [0, 0.05) is 41.8 Å². The molecule has 0 aromatic heterocycles. The largest absolute Gasteiger partial charge is 0.515 e. The molecular formula is C31H44ClNO6. The van der Waals surface area contributed by atoms with Gasteiger partial charge >= 0.3 is 5.97 Å². The summed E-state index contributed by atoms with van der Waals surface area (Å²) in [6, 6.07) is 5.06. The molecule has 9 atom stereocenters. The van der Waals surface area contributed by atoms with Crippen LogP contribution >= 0.6 is 11.6 Å². The van der Waals surface area contributed by atoms with E-state index in [1.165, 1.54) is 0 Å². The van der Waals surface area contributed by atoms with Gasteiger partial charge in [0.2, 0.25) is 0 Å². The van der Waals surface area contributed by atoms with Crippen LogP contribution in [0.3, 0.4) is 0 Å². The molecule has 0 spiro atoms. The van der Waals surface area contributed by atoms with E-state index in [-0.39, 0.29) is 47.2 Å². The van der Waals surface area contributed by atoms with E-state index < -0.39 is 17.5 Å². The average Bonchev–Trinajstić information content (AvgIpc) is 2.91. The van der Waals surface area contributed by atoms with Crippen LogP contribution in [0.5, 0.6) is 0 Å². The number of halogens is 1. The summed E-state index contributed by atoms with van der Waals surface area (Å²) in [4.78, 5) is 25.3. The first-order valence-electron chi connectivity index (χ1n) is 14.1. The number of carbonyl (C=O) groups is 2. The summed E-state index contributed by atoms with van der Waals surface area (Å²) in [7, 11) is 3.46. The van der Waals surface area contributed by atoms with Crippen molar-refractivity contribution < 1.29 is 29.3 Å². The van der Waals surface area contributed by atoms with E-state index in [9.17, 15) is 19.8 Å². The number of nitrogens with one attached hydrogen (secondary N) is 1. The number of fused-ring (bicyclic) bond motifs is 3.